The van der Waals surface area contributed by atoms with Crippen LogP contribution in [0.4, 0.5) is 0 Å². The largest absolute Gasteiger partial charge is 0.420 e. The van der Waals surface area contributed by atoms with Crippen molar-refractivity contribution < 1.29 is 9.53 Å². The molecule has 0 saturated heterocycles. The maximum atomic E-state index is 9.53. The quantitative estimate of drug-likeness (QED) is 0.615. The lowest BCUT2D eigenvalue weighted by Gasteiger charge is -2.36. The highest BCUT2D eigenvalue weighted by molar-refractivity contribution is 6.72. The highest BCUT2D eigenvalue weighted by Crippen LogP contribution is 2.36. The van der Waals surface area contributed by atoms with E-state index in [-0.39, 0.29) is 6.61 Å². The number of hydrogen-bond acceptors (Lipinski definition) is 3. The van der Waals surface area contributed by atoms with Crippen LogP contribution < -0.4 is 5.73 Å². The average Bonchev–Trinajstić information content (AvgIpc) is 2.28. The van der Waals surface area contributed by atoms with E-state index in [1.807, 2.05) is 0 Å². The number of hydrogen-bond donors (Lipinski definition) is 2. The molecule has 0 fully saturated rings. The van der Waals surface area contributed by atoms with Gasteiger partial charge in [0.05, 0.1) is 0 Å². The molecule has 0 aliphatic rings. The molecule has 0 aromatic carbocycles. The van der Waals surface area contributed by atoms with Crippen molar-refractivity contribution in [1.29, 1.82) is 0 Å². The van der Waals surface area contributed by atoms with Crippen molar-refractivity contribution >= 4 is 8.32 Å². The summed E-state index contributed by atoms with van der Waals surface area (Å²) in [5.41, 5.74) is 6.16. The summed E-state index contributed by atoms with van der Waals surface area (Å²) >= 11 is 0. The lowest BCUT2D eigenvalue weighted by molar-refractivity contribution is 0.196. The smallest absolute Gasteiger partial charge is 0.189 e. The van der Waals surface area contributed by atoms with E-state index in [0.717, 1.165) is 12.8 Å². The second-order valence-corrected chi connectivity index (χ2v) is 9.43. The highest BCUT2D eigenvalue weighted by Gasteiger charge is 2.37. The molecule has 0 radical (unpaired) electrons. The first-order valence-electron chi connectivity index (χ1n) is 6.39. The zero-order valence-electron chi connectivity index (χ0n) is 11.3. The van der Waals surface area contributed by atoms with Crippen molar-refractivity contribution in [1.82, 2.24) is 0 Å². The Hall–Kier alpha value is 0.0969. The van der Waals surface area contributed by atoms with Gasteiger partial charge in [-0.2, -0.15) is 0 Å². The molecular formula is C12H29NO2Si. The predicted octanol–water partition coefficient (Wildman–Crippen LogP) is 2.36. The maximum Gasteiger partial charge on any atom is 0.189 e. The van der Waals surface area contributed by atoms with Gasteiger partial charge in [0.25, 0.3) is 0 Å². The minimum Gasteiger partial charge on any atom is -0.420 e. The van der Waals surface area contributed by atoms with Gasteiger partial charge in [0, 0.05) is 13.7 Å². The van der Waals surface area contributed by atoms with Gasteiger partial charge >= 0.3 is 0 Å². The number of aliphatic hydroxyl groups is 1. The second kappa shape index (κ2) is 8.23. The summed E-state index contributed by atoms with van der Waals surface area (Å²) in [7, 11) is 0.0939. The Morgan fingerprint density at radius 2 is 1.94 bits per heavy atom. The molecule has 16 heavy (non-hydrogen) atoms. The van der Waals surface area contributed by atoms with Crippen LogP contribution in [0.2, 0.25) is 18.6 Å². The minimum absolute atomic E-state index is 0.268. The Morgan fingerprint density at radius 3 is 2.31 bits per heavy atom. The topological polar surface area (TPSA) is 55.5 Å². The average molecular weight is 247 g/mol. The van der Waals surface area contributed by atoms with Crippen LogP contribution in [0, 0.1) is 5.92 Å². The third-order valence-electron chi connectivity index (χ3n) is 3.63. The van der Waals surface area contributed by atoms with Crippen LogP contribution in [-0.4, -0.2) is 33.7 Å². The van der Waals surface area contributed by atoms with E-state index in [0.29, 0.717) is 18.0 Å². The zero-order chi connectivity index (χ0) is 12.6. The number of unbranched alkanes of at least 4 members (excludes halogenated alkanes) is 1. The van der Waals surface area contributed by atoms with Crippen LogP contribution in [0.15, 0.2) is 0 Å². The van der Waals surface area contributed by atoms with Crippen molar-refractivity contribution in [3.63, 3.8) is 0 Å². The molecule has 4 heteroatoms. The molecule has 0 aliphatic carbocycles. The molecular weight excluding hydrogens is 218 g/mol. The van der Waals surface area contributed by atoms with Gasteiger partial charge in [-0.3, -0.25) is 0 Å². The molecule has 0 aromatic rings. The van der Waals surface area contributed by atoms with Crippen LogP contribution in [-0.2, 0) is 4.43 Å². The van der Waals surface area contributed by atoms with E-state index < -0.39 is 8.32 Å². The minimum atomic E-state index is -1.70. The fourth-order valence-corrected chi connectivity index (χ4v) is 4.94. The molecule has 0 heterocycles. The summed E-state index contributed by atoms with van der Waals surface area (Å²) in [4.78, 5) is 0. The first kappa shape index (κ1) is 16.1. The van der Waals surface area contributed by atoms with Crippen molar-refractivity contribution in [2.75, 3.05) is 20.3 Å². The molecule has 3 N–H and O–H groups in total. The number of aliphatic hydroxyl groups excluding tert-OH is 1. The van der Waals surface area contributed by atoms with Crippen LogP contribution in [0.25, 0.3) is 0 Å². The Kier molecular flexibility index (Phi) is 8.28. The Morgan fingerprint density at radius 1 is 1.31 bits per heavy atom. The molecule has 0 amide bonds. The third kappa shape index (κ3) is 4.95. The molecule has 2 atom stereocenters. The van der Waals surface area contributed by atoms with Crippen LogP contribution in [0.5, 0.6) is 0 Å². The SMILES string of the molecule is CCCC[C@@H](CO)[C@H](CCN)[Si](C)(C)OC. The van der Waals surface area contributed by atoms with E-state index in [4.69, 9.17) is 10.2 Å². The van der Waals surface area contributed by atoms with Crippen molar-refractivity contribution in [2.24, 2.45) is 11.7 Å². The Labute approximate surface area is 102 Å². The van der Waals surface area contributed by atoms with Gasteiger partial charge < -0.3 is 15.3 Å². The normalized spacial score (nSPS) is 16.1. The summed E-state index contributed by atoms with van der Waals surface area (Å²) in [5.74, 6) is 0.366. The van der Waals surface area contributed by atoms with Gasteiger partial charge in [-0.1, -0.05) is 19.8 Å². The van der Waals surface area contributed by atoms with Gasteiger partial charge in [-0.15, -0.1) is 0 Å². The van der Waals surface area contributed by atoms with Gasteiger partial charge in [0.1, 0.15) is 0 Å². The monoisotopic (exact) mass is 247 g/mol. The summed E-state index contributed by atoms with van der Waals surface area (Å²) in [6.07, 6.45) is 4.43. The fourth-order valence-electron chi connectivity index (χ4n) is 2.37. The van der Waals surface area contributed by atoms with Gasteiger partial charge in [0.15, 0.2) is 8.32 Å². The molecule has 0 saturated carbocycles. The van der Waals surface area contributed by atoms with Gasteiger partial charge in [-0.25, -0.2) is 0 Å². The standard InChI is InChI=1S/C12H29NO2Si/c1-5-6-7-11(10-14)12(8-9-13)16(3,4)15-2/h11-12,14H,5-10,13H2,1-4H3/t11-,12-/m0/s1. The Bertz CT molecular complexity index is 176. The first-order valence-corrected chi connectivity index (χ1v) is 9.38. The highest BCUT2D eigenvalue weighted by atomic mass is 28.4. The lowest BCUT2D eigenvalue weighted by Crippen LogP contribution is -2.41. The van der Waals surface area contributed by atoms with Crippen LogP contribution in [0.1, 0.15) is 32.6 Å². The van der Waals surface area contributed by atoms with Crippen molar-refractivity contribution in [2.45, 2.75) is 51.2 Å². The van der Waals surface area contributed by atoms with Gasteiger partial charge in [-0.05, 0) is 43.9 Å². The van der Waals surface area contributed by atoms with E-state index in [1.165, 1.54) is 12.8 Å². The molecule has 0 aliphatic heterocycles. The zero-order valence-corrected chi connectivity index (χ0v) is 12.3. The van der Waals surface area contributed by atoms with Crippen LogP contribution in [0.3, 0.4) is 0 Å². The predicted molar refractivity (Wildman–Crippen MR) is 72.0 cm³/mol. The molecule has 0 aromatic heterocycles. The summed E-state index contributed by atoms with van der Waals surface area (Å²) in [5, 5.41) is 9.53. The molecule has 98 valence electrons. The van der Waals surface area contributed by atoms with E-state index >= 15 is 0 Å². The van der Waals surface area contributed by atoms with Crippen molar-refractivity contribution in [3.05, 3.63) is 0 Å². The summed E-state index contributed by atoms with van der Waals surface area (Å²) < 4.78 is 5.69. The molecule has 0 unspecified atom stereocenters. The van der Waals surface area contributed by atoms with Crippen molar-refractivity contribution in [3.8, 4) is 0 Å². The Balaban J connectivity index is 4.57. The first-order chi connectivity index (χ1) is 7.53. The number of nitrogens with two attached hydrogens (primary N) is 1. The molecule has 0 bridgehead atoms. The molecule has 3 nitrogen and oxygen atoms in total. The lowest BCUT2D eigenvalue weighted by atomic mass is 9.97. The van der Waals surface area contributed by atoms with E-state index in [2.05, 4.69) is 20.0 Å². The molecule has 0 rings (SSSR count). The van der Waals surface area contributed by atoms with Gasteiger partial charge in [0.2, 0.25) is 0 Å². The summed E-state index contributed by atoms with van der Waals surface area (Å²) in [6.45, 7) is 7.59. The van der Waals surface area contributed by atoms with E-state index in [9.17, 15) is 5.11 Å². The van der Waals surface area contributed by atoms with E-state index in [1.54, 1.807) is 7.11 Å². The second-order valence-electron chi connectivity index (χ2n) is 5.08. The third-order valence-corrected chi connectivity index (χ3v) is 7.23. The number of rotatable bonds is 9. The fraction of sp³-hybridized carbons (Fsp3) is 1.00. The summed E-state index contributed by atoms with van der Waals surface area (Å²) in [6, 6.07) is 0. The molecule has 0 spiro atoms. The van der Waals surface area contributed by atoms with Crippen LogP contribution >= 0.6 is 0 Å². The maximum absolute atomic E-state index is 9.53.